The van der Waals surface area contributed by atoms with E-state index in [9.17, 15) is 0 Å². The zero-order valence-corrected chi connectivity index (χ0v) is 21.8. The normalized spacial score (nSPS) is 26.8. The molecular weight excluding hydrogens is 392 g/mol. The zero-order valence-electron chi connectivity index (χ0n) is 21.8. The van der Waals surface area contributed by atoms with Crippen molar-refractivity contribution >= 4 is 0 Å². The molecule has 174 valence electrons. The number of benzene rings is 2. The van der Waals surface area contributed by atoms with Gasteiger partial charge in [-0.15, -0.1) is 0 Å². The molecule has 0 amide bonds. The monoisotopic (exact) mass is 434 g/mol. The van der Waals surface area contributed by atoms with Crippen LogP contribution in [0.15, 0.2) is 36.4 Å². The molecule has 0 saturated heterocycles. The molecule has 2 heteroatoms. The van der Waals surface area contributed by atoms with Gasteiger partial charge >= 0.3 is 0 Å². The third kappa shape index (κ3) is 3.84. The first-order chi connectivity index (χ1) is 14.7. The lowest BCUT2D eigenvalue weighted by molar-refractivity contribution is -0.130. The molecule has 2 aromatic rings. The lowest BCUT2D eigenvalue weighted by atomic mass is 9.74. The van der Waals surface area contributed by atoms with Crippen LogP contribution < -0.4 is 0 Å². The van der Waals surface area contributed by atoms with E-state index >= 15 is 0 Å². The number of aryl methyl sites for hydroxylation is 2. The maximum atomic E-state index is 6.91. The van der Waals surface area contributed by atoms with Crippen molar-refractivity contribution < 1.29 is 9.47 Å². The van der Waals surface area contributed by atoms with Crippen LogP contribution in [-0.4, -0.2) is 0 Å². The molecule has 0 saturated carbocycles. The van der Waals surface area contributed by atoms with Crippen molar-refractivity contribution in [1.29, 1.82) is 0 Å². The van der Waals surface area contributed by atoms with Crippen LogP contribution in [0.5, 0.6) is 0 Å². The molecular formula is C30H42O2. The molecule has 0 aromatic heterocycles. The second-order valence-corrected chi connectivity index (χ2v) is 12.7. The summed E-state index contributed by atoms with van der Waals surface area (Å²) in [5.74, 6) is 0. The summed E-state index contributed by atoms with van der Waals surface area (Å²) in [7, 11) is 0. The Kier molecular flexibility index (Phi) is 5.46. The Morgan fingerprint density at radius 3 is 2.19 bits per heavy atom. The maximum Gasteiger partial charge on any atom is 0.0915 e. The molecule has 0 radical (unpaired) electrons. The van der Waals surface area contributed by atoms with Gasteiger partial charge in [-0.25, -0.2) is 0 Å². The Bertz CT molecular complexity index is 1020. The van der Waals surface area contributed by atoms with Gasteiger partial charge in [-0.3, -0.25) is 0 Å². The Labute approximate surface area is 195 Å². The van der Waals surface area contributed by atoms with Crippen molar-refractivity contribution in [3.8, 4) is 0 Å². The number of rotatable bonds is 4. The van der Waals surface area contributed by atoms with Gasteiger partial charge in [0, 0.05) is 0 Å². The maximum absolute atomic E-state index is 6.91. The second-order valence-electron chi connectivity index (χ2n) is 12.7. The topological polar surface area (TPSA) is 18.5 Å². The van der Waals surface area contributed by atoms with Gasteiger partial charge < -0.3 is 9.47 Å². The molecule has 0 N–H and O–H groups in total. The van der Waals surface area contributed by atoms with E-state index in [0.29, 0.717) is 0 Å². The minimum absolute atomic E-state index is 0.00745. The third-order valence-corrected chi connectivity index (χ3v) is 7.83. The van der Waals surface area contributed by atoms with Crippen molar-refractivity contribution in [3.63, 3.8) is 0 Å². The highest BCUT2D eigenvalue weighted by molar-refractivity contribution is 5.44. The van der Waals surface area contributed by atoms with E-state index in [-0.39, 0.29) is 34.2 Å². The molecule has 2 heterocycles. The first-order valence-electron chi connectivity index (χ1n) is 12.2. The molecule has 32 heavy (non-hydrogen) atoms. The largest absolute Gasteiger partial charge is 0.362 e. The molecule has 3 atom stereocenters. The minimum atomic E-state index is -0.278. The van der Waals surface area contributed by atoms with E-state index in [1.165, 1.54) is 33.4 Å². The predicted molar refractivity (Wildman–Crippen MR) is 133 cm³/mol. The standard InChI is InChI=1S/C30H42O2/c1-19-14-15-22-21(18-19)25(31-29(22,8)9)28(6,7)16-17-30(10)23-13-11-12-20(2)24(23)26(32-30)27(3,4)5/h11-15,18,25-26H,16-17H2,1-10H3. The predicted octanol–water partition coefficient (Wildman–Crippen LogP) is 8.45. The van der Waals surface area contributed by atoms with Crippen LogP contribution in [0.4, 0.5) is 0 Å². The minimum Gasteiger partial charge on any atom is -0.362 e. The van der Waals surface area contributed by atoms with E-state index in [1.54, 1.807) is 0 Å². The molecule has 2 aliphatic heterocycles. The van der Waals surface area contributed by atoms with Gasteiger partial charge in [0.1, 0.15) is 0 Å². The average molecular weight is 435 g/mol. The molecule has 2 nitrogen and oxygen atoms in total. The smallest absolute Gasteiger partial charge is 0.0915 e. The highest BCUT2D eigenvalue weighted by Gasteiger charge is 2.49. The van der Waals surface area contributed by atoms with Gasteiger partial charge in [0.15, 0.2) is 0 Å². The Balaban J connectivity index is 1.63. The quantitative estimate of drug-likeness (QED) is 0.480. The Morgan fingerprint density at radius 1 is 0.844 bits per heavy atom. The molecule has 0 fully saturated rings. The summed E-state index contributed by atoms with van der Waals surface area (Å²) in [6, 6.07) is 13.5. The fourth-order valence-corrected chi connectivity index (χ4v) is 5.82. The second kappa shape index (κ2) is 7.43. The van der Waals surface area contributed by atoms with E-state index in [0.717, 1.165) is 12.8 Å². The first-order valence-corrected chi connectivity index (χ1v) is 12.2. The van der Waals surface area contributed by atoms with Gasteiger partial charge in [0.25, 0.3) is 0 Å². The van der Waals surface area contributed by atoms with Crippen molar-refractivity contribution in [2.45, 2.75) is 105 Å². The zero-order chi connectivity index (χ0) is 23.7. The number of hydrogen-bond acceptors (Lipinski definition) is 2. The van der Waals surface area contributed by atoms with Crippen LogP contribution in [-0.2, 0) is 20.7 Å². The highest BCUT2D eigenvalue weighted by Crippen LogP contribution is 2.57. The van der Waals surface area contributed by atoms with Gasteiger partial charge in [-0.2, -0.15) is 0 Å². The Morgan fingerprint density at radius 2 is 1.53 bits per heavy atom. The summed E-state index contributed by atoms with van der Waals surface area (Å²) in [5.41, 5.74) is 7.64. The van der Waals surface area contributed by atoms with E-state index in [2.05, 4.69) is 106 Å². The molecule has 0 spiro atoms. The summed E-state index contributed by atoms with van der Waals surface area (Å²) in [5, 5.41) is 0. The lowest BCUT2D eigenvalue weighted by Crippen LogP contribution is -2.30. The van der Waals surface area contributed by atoms with Gasteiger partial charge in [0.2, 0.25) is 0 Å². The van der Waals surface area contributed by atoms with Crippen LogP contribution in [0.1, 0.15) is 114 Å². The van der Waals surface area contributed by atoms with Gasteiger partial charge in [-0.05, 0) is 86.1 Å². The number of fused-ring (bicyclic) bond motifs is 2. The fraction of sp³-hybridized carbons (Fsp3) is 0.600. The molecule has 2 aromatic carbocycles. The van der Waals surface area contributed by atoms with Crippen molar-refractivity contribution in [2.75, 3.05) is 0 Å². The summed E-state index contributed by atoms with van der Waals surface area (Å²) < 4.78 is 13.6. The van der Waals surface area contributed by atoms with Crippen LogP contribution in [0.2, 0.25) is 0 Å². The van der Waals surface area contributed by atoms with Gasteiger partial charge in [0.05, 0.1) is 23.4 Å². The summed E-state index contributed by atoms with van der Waals surface area (Å²) >= 11 is 0. The van der Waals surface area contributed by atoms with E-state index in [1.807, 2.05) is 0 Å². The molecule has 3 unspecified atom stereocenters. The average Bonchev–Trinajstić information content (AvgIpc) is 3.13. The van der Waals surface area contributed by atoms with Crippen LogP contribution in [0, 0.1) is 24.7 Å². The van der Waals surface area contributed by atoms with Crippen molar-refractivity contribution in [3.05, 3.63) is 69.8 Å². The summed E-state index contributed by atoms with van der Waals surface area (Å²) in [6.07, 6.45) is 2.22. The number of ether oxygens (including phenoxy) is 2. The molecule has 2 aliphatic rings. The Hall–Kier alpha value is -1.64. The summed E-state index contributed by atoms with van der Waals surface area (Å²) in [4.78, 5) is 0. The fourth-order valence-electron chi connectivity index (χ4n) is 5.82. The van der Waals surface area contributed by atoms with Crippen molar-refractivity contribution in [1.82, 2.24) is 0 Å². The third-order valence-electron chi connectivity index (χ3n) is 7.83. The molecule has 0 bridgehead atoms. The lowest BCUT2D eigenvalue weighted by Gasteiger charge is -2.37. The van der Waals surface area contributed by atoms with Crippen molar-refractivity contribution in [2.24, 2.45) is 10.8 Å². The molecule has 0 aliphatic carbocycles. The van der Waals surface area contributed by atoms with Gasteiger partial charge in [-0.1, -0.05) is 76.6 Å². The molecule has 4 rings (SSSR count). The van der Waals surface area contributed by atoms with E-state index in [4.69, 9.17) is 9.47 Å². The van der Waals surface area contributed by atoms with Crippen LogP contribution in [0.25, 0.3) is 0 Å². The van der Waals surface area contributed by atoms with E-state index < -0.39 is 0 Å². The number of hydrogen-bond donors (Lipinski definition) is 0. The van der Waals surface area contributed by atoms with Crippen LogP contribution >= 0.6 is 0 Å². The first kappa shape index (κ1) is 23.5. The summed E-state index contributed by atoms with van der Waals surface area (Å²) in [6.45, 7) is 22.7. The SMILES string of the molecule is Cc1ccc2c(c1)C(C(C)(C)CCC1(C)OC(C(C)(C)C)c3c(C)cccc31)OC2(C)C. The van der Waals surface area contributed by atoms with Crippen LogP contribution in [0.3, 0.4) is 0 Å². The highest BCUT2D eigenvalue weighted by atomic mass is 16.5.